The summed E-state index contributed by atoms with van der Waals surface area (Å²) in [6, 6.07) is 7.76. The highest BCUT2D eigenvalue weighted by atomic mass is 16.2. The van der Waals surface area contributed by atoms with Crippen LogP contribution in [0.2, 0.25) is 0 Å². The van der Waals surface area contributed by atoms with Gasteiger partial charge in [0.15, 0.2) is 0 Å². The smallest absolute Gasteiger partial charge is 0.239 e. The van der Waals surface area contributed by atoms with Crippen LogP contribution in [0.25, 0.3) is 0 Å². The van der Waals surface area contributed by atoms with Crippen molar-refractivity contribution < 1.29 is 4.79 Å². The molecule has 20 heavy (non-hydrogen) atoms. The van der Waals surface area contributed by atoms with Gasteiger partial charge in [0.1, 0.15) is 0 Å². The summed E-state index contributed by atoms with van der Waals surface area (Å²) < 4.78 is 0. The van der Waals surface area contributed by atoms with E-state index < -0.39 is 0 Å². The predicted molar refractivity (Wildman–Crippen MR) is 82.2 cm³/mol. The highest BCUT2D eigenvalue weighted by Crippen LogP contribution is 2.14. The summed E-state index contributed by atoms with van der Waals surface area (Å²) in [5, 5.41) is 0. The summed E-state index contributed by atoms with van der Waals surface area (Å²) in [5.41, 5.74) is 7.64. The molecule has 0 saturated carbocycles. The lowest BCUT2D eigenvalue weighted by Crippen LogP contribution is -2.47. The van der Waals surface area contributed by atoms with Crippen LogP contribution in [0.1, 0.15) is 31.7 Å². The maximum atomic E-state index is 12.4. The van der Waals surface area contributed by atoms with E-state index in [1.165, 1.54) is 12.0 Å². The van der Waals surface area contributed by atoms with Crippen molar-refractivity contribution >= 4 is 11.6 Å². The number of hydrogen-bond acceptors (Lipinski definition) is 3. The summed E-state index contributed by atoms with van der Waals surface area (Å²) in [7, 11) is 2.00. The first-order chi connectivity index (χ1) is 9.58. The summed E-state index contributed by atoms with van der Waals surface area (Å²) in [6.07, 6.45) is 3.53. The summed E-state index contributed by atoms with van der Waals surface area (Å²) in [5.74, 6) is 0.252. The zero-order valence-corrected chi connectivity index (χ0v) is 12.5. The first-order valence-corrected chi connectivity index (χ1v) is 7.41. The maximum absolute atomic E-state index is 12.4. The van der Waals surface area contributed by atoms with Crippen molar-refractivity contribution in [2.24, 2.45) is 0 Å². The quantitative estimate of drug-likeness (QED) is 0.856. The van der Waals surface area contributed by atoms with Crippen molar-refractivity contribution in [3.05, 3.63) is 29.8 Å². The number of hydrogen-bond donors (Lipinski definition) is 1. The van der Waals surface area contributed by atoms with Crippen LogP contribution in [0.4, 0.5) is 5.69 Å². The molecular formula is C16H25N3O. The Hall–Kier alpha value is -1.55. The van der Waals surface area contributed by atoms with Crippen LogP contribution in [-0.2, 0) is 11.3 Å². The normalized spacial score (nSPS) is 17.2. The minimum Gasteiger partial charge on any atom is -0.399 e. The second-order valence-electron chi connectivity index (χ2n) is 5.72. The molecule has 1 unspecified atom stereocenters. The van der Waals surface area contributed by atoms with Crippen LogP contribution in [0.15, 0.2) is 24.3 Å². The molecule has 1 atom stereocenters. The van der Waals surface area contributed by atoms with E-state index in [1.807, 2.05) is 43.1 Å². The second kappa shape index (κ2) is 6.75. The van der Waals surface area contributed by atoms with Crippen LogP contribution >= 0.6 is 0 Å². The van der Waals surface area contributed by atoms with Gasteiger partial charge in [-0.3, -0.25) is 9.69 Å². The zero-order chi connectivity index (χ0) is 14.5. The van der Waals surface area contributed by atoms with Crippen molar-refractivity contribution in [1.82, 2.24) is 9.80 Å². The third-order valence-electron chi connectivity index (χ3n) is 4.10. The monoisotopic (exact) mass is 275 g/mol. The van der Waals surface area contributed by atoms with Crippen LogP contribution in [0.5, 0.6) is 0 Å². The van der Waals surface area contributed by atoms with Gasteiger partial charge in [0.25, 0.3) is 0 Å². The molecule has 2 rings (SSSR count). The molecule has 1 heterocycles. The highest BCUT2D eigenvalue weighted by Gasteiger charge is 2.24. The van der Waals surface area contributed by atoms with Gasteiger partial charge < -0.3 is 10.6 Å². The fourth-order valence-corrected chi connectivity index (χ4v) is 2.62. The van der Waals surface area contributed by atoms with Crippen molar-refractivity contribution in [3.63, 3.8) is 0 Å². The summed E-state index contributed by atoms with van der Waals surface area (Å²) in [4.78, 5) is 16.6. The number of nitrogens with zero attached hydrogens (tertiary/aromatic N) is 2. The zero-order valence-electron chi connectivity index (χ0n) is 12.5. The summed E-state index contributed by atoms with van der Waals surface area (Å²) >= 11 is 0. The Morgan fingerprint density at radius 2 is 1.85 bits per heavy atom. The molecular weight excluding hydrogens is 250 g/mol. The number of rotatable bonds is 4. The van der Waals surface area contributed by atoms with E-state index in [-0.39, 0.29) is 11.9 Å². The maximum Gasteiger partial charge on any atom is 0.239 e. The molecule has 0 aromatic heterocycles. The molecule has 4 nitrogen and oxygen atoms in total. The summed E-state index contributed by atoms with van der Waals surface area (Å²) in [6.45, 7) is 4.59. The average molecular weight is 275 g/mol. The Kier molecular flexibility index (Phi) is 5.01. The van der Waals surface area contributed by atoms with E-state index in [0.29, 0.717) is 0 Å². The predicted octanol–water partition coefficient (Wildman–Crippen LogP) is 2.10. The Balaban J connectivity index is 1.91. The van der Waals surface area contributed by atoms with Gasteiger partial charge in [-0.2, -0.15) is 0 Å². The Bertz CT molecular complexity index is 438. The van der Waals surface area contributed by atoms with Crippen LogP contribution in [-0.4, -0.2) is 41.9 Å². The molecule has 1 aliphatic heterocycles. The van der Waals surface area contributed by atoms with Gasteiger partial charge in [-0.05, 0) is 50.9 Å². The molecule has 110 valence electrons. The fourth-order valence-electron chi connectivity index (χ4n) is 2.62. The van der Waals surface area contributed by atoms with Crippen LogP contribution in [0.3, 0.4) is 0 Å². The SMILES string of the molecule is CC(C(=O)N1CCCCC1)N(C)Cc1ccc(N)cc1. The van der Waals surface area contributed by atoms with Gasteiger partial charge in [0.2, 0.25) is 5.91 Å². The molecule has 1 aliphatic rings. The molecule has 1 saturated heterocycles. The van der Waals surface area contributed by atoms with E-state index in [2.05, 4.69) is 4.90 Å². The van der Waals surface area contributed by atoms with Crippen molar-refractivity contribution in [2.45, 2.75) is 38.8 Å². The molecule has 0 aliphatic carbocycles. The number of nitrogens with two attached hydrogens (primary N) is 1. The van der Waals surface area contributed by atoms with Gasteiger partial charge in [-0.25, -0.2) is 0 Å². The standard InChI is InChI=1S/C16H25N3O/c1-13(16(20)19-10-4-3-5-11-19)18(2)12-14-6-8-15(17)9-7-14/h6-9,13H,3-5,10-12,17H2,1-2H3. The number of likely N-dealkylation sites (tertiary alicyclic amines) is 1. The fraction of sp³-hybridized carbons (Fsp3) is 0.562. The lowest BCUT2D eigenvalue weighted by atomic mass is 10.1. The van der Waals surface area contributed by atoms with Gasteiger partial charge in [-0.1, -0.05) is 12.1 Å². The molecule has 1 aromatic rings. The molecule has 0 radical (unpaired) electrons. The largest absolute Gasteiger partial charge is 0.399 e. The number of piperidine rings is 1. The number of nitrogen functional groups attached to an aromatic ring is 1. The number of anilines is 1. The number of benzene rings is 1. The number of amides is 1. The second-order valence-corrected chi connectivity index (χ2v) is 5.72. The van der Waals surface area contributed by atoms with Gasteiger partial charge in [-0.15, -0.1) is 0 Å². The van der Waals surface area contributed by atoms with Crippen LogP contribution in [0, 0.1) is 0 Å². The average Bonchev–Trinajstić information content (AvgIpc) is 2.49. The van der Waals surface area contributed by atoms with Crippen molar-refractivity contribution in [2.75, 3.05) is 25.9 Å². The number of carbonyl (C=O) groups is 1. The Labute approximate surface area is 121 Å². The van der Waals surface area contributed by atoms with E-state index >= 15 is 0 Å². The third-order valence-corrected chi connectivity index (χ3v) is 4.10. The first-order valence-electron chi connectivity index (χ1n) is 7.41. The number of carbonyl (C=O) groups excluding carboxylic acids is 1. The number of likely N-dealkylation sites (N-methyl/N-ethyl adjacent to an activating group) is 1. The van der Waals surface area contributed by atoms with Crippen LogP contribution < -0.4 is 5.73 Å². The Morgan fingerprint density at radius 3 is 2.45 bits per heavy atom. The topological polar surface area (TPSA) is 49.6 Å². The van der Waals surface area contributed by atoms with Crippen molar-refractivity contribution in [3.8, 4) is 0 Å². The third kappa shape index (κ3) is 3.73. The minimum atomic E-state index is -0.0781. The molecule has 1 aromatic carbocycles. The molecule has 0 spiro atoms. The lowest BCUT2D eigenvalue weighted by molar-refractivity contribution is -0.137. The highest BCUT2D eigenvalue weighted by molar-refractivity contribution is 5.81. The first kappa shape index (κ1) is 14.9. The van der Waals surface area contributed by atoms with E-state index in [9.17, 15) is 4.79 Å². The Morgan fingerprint density at radius 1 is 1.25 bits per heavy atom. The molecule has 4 heteroatoms. The molecule has 0 bridgehead atoms. The molecule has 1 fully saturated rings. The minimum absolute atomic E-state index is 0.0781. The van der Waals surface area contributed by atoms with Gasteiger partial charge in [0, 0.05) is 25.3 Å². The van der Waals surface area contributed by atoms with Gasteiger partial charge >= 0.3 is 0 Å². The van der Waals surface area contributed by atoms with Crippen molar-refractivity contribution in [1.29, 1.82) is 0 Å². The molecule has 2 N–H and O–H groups in total. The lowest BCUT2D eigenvalue weighted by Gasteiger charge is -2.32. The van der Waals surface area contributed by atoms with E-state index in [4.69, 9.17) is 5.73 Å². The van der Waals surface area contributed by atoms with Gasteiger partial charge in [0.05, 0.1) is 6.04 Å². The van der Waals surface area contributed by atoms with E-state index in [0.717, 1.165) is 38.2 Å². The molecule has 1 amide bonds. The van der Waals surface area contributed by atoms with E-state index in [1.54, 1.807) is 0 Å².